The lowest BCUT2D eigenvalue weighted by Gasteiger charge is -2.19. The monoisotopic (exact) mass is 264 g/mol. The Morgan fingerprint density at radius 1 is 1.11 bits per heavy atom. The standard InChI is InChI=1S/C16H28N2O/c1-14-6-8-15(9-7-14)16(17)10-12-18(2)11-4-3-5-13-19/h6-9,16,19H,3-5,10-13,17H2,1-2H3. The van der Waals surface area contributed by atoms with Crippen molar-refractivity contribution in [3.05, 3.63) is 35.4 Å². The van der Waals surface area contributed by atoms with Gasteiger partial charge in [-0.25, -0.2) is 0 Å². The Labute approximate surface area is 117 Å². The predicted molar refractivity (Wildman–Crippen MR) is 81.2 cm³/mol. The van der Waals surface area contributed by atoms with E-state index < -0.39 is 0 Å². The number of hydrogen-bond acceptors (Lipinski definition) is 3. The summed E-state index contributed by atoms with van der Waals surface area (Å²) in [6, 6.07) is 8.62. The fourth-order valence-electron chi connectivity index (χ4n) is 2.12. The number of benzene rings is 1. The Morgan fingerprint density at radius 2 is 1.79 bits per heavy atom. The van der Waals surface area contributed by atoms with E-state index in [1.165, 1.54) is 11.1 Å². The van der Waals surface area contributed by atoms with Crippen molar-refractivity contribution in [2.45, 2.75) is 38.6 Å². The summed E-state index contributed by atoms with van der Waals surface area (Å²) in [4.78, 5) is 2.32. The third kappa shape index (κ3) is 6.71. The van der Waals surface area contributed by atoms with Crippen molar-refractivity contribution < 1.29 is 5.11 Å². The maximum atomic E-state index is 8.72. The smallest absolute Gasteiger partial charge is 0.0431 e. The van der Waals surface area contributed by atoms with Crippen LogP contribution < -0.4 is 5.73 Å². The highest BCUT2D eigenvalue weighted by Crippen LogP contribution is 2.15. The lowest BCUT2D eigenvalue weighted by molar-refractivity contribution is 0.270. The Kier molecular flexibility index (Phi) is 7.72. The van der Waals surface area contributed by atoms with Crippen LogP contribution >= 0.6 is 0 Å². The quantitative estimate of drug-likeness (QED) is 0.674. The number of rotatable bonds is 9. The molecule has 0 aromatic heterocycles. The average molecular weight is 264 g/mol. The second-order valence-corrected chi connectivity index (χ2v) is 5.39. The van der Waals surface area contributed by atoms with Gasteiger partial charge in [0.05, 0.1) is 0 Å². The van der Waals surface area contributed by atoms with E-state index >= 15 is 0 Å². The van der Waals surface area contributed by atoms with Gasteiger partial charge in [0.1, 0.15) is 0 Å². The van der Waals surface area contributed by atoms with Crippen molar-refractivity contribution in [3.8, 4) is 0 Å². The van der Waals surface area contributed by atoms with Gasteiger partial charge in [-0.2, -0.15) is 0 Å². The molecule has 0 aliphatic heterocycles. The van der Waals surface area contributed by atoms with Crippen LogP contribution in [0.2, 0.25) is 0 Å². The minimum atomic E-state index is 0.125. The zero-order valence-electron chi connectivity index (χ0n) is 12.3. The van der Waals surface area contributed by atoms with Crippen LogP contribution in [0.25, 0.3) is 0 Å². The molecule has 3 nitrogen and oxygen atoms in total. The molecule has 19 heavy (non-hydrogen) atoms. The molecule has 0 heterocycles. The zero-order chi connectivity index (χ0) is 14.1. The van der Waals surface area contributed by atoms with E-state index in [4.69, 9.17) is 10.8 Å². The van der Waals surface area contributed by atoms with Crippen molar-refractivity contribution in [1.82, 2.24) is 4.90 Å². The van der Waals surface area contributed by atoms with Gasteiger partial charge >= 0.3 is 0 Å². The molecule has 3 heteroatoms. The summed E-state index contributed by atoms with van der Waals surface area (Å²) in [6.07, 6.45) is 4.15. The number of aliphatic hydroxyl groups is 1. The van der Waals surface area contributed by atoms with Crippen LogP contribution in [-0.4, -0.2) is 36.8 Å². The first-order valence-corrected chi connectivity index (χ1v) is 7.25. The van der Waals surface area contributed by atoms with Crippen LogP contribution in [0.4, 0.5) is 0 Å². The van der Waals surface area contributed by atoms with Gasteiger partial charge in [0.15, 0.2) is 0 Å². The number of nitrogens with zero attached hydrogens (tertiary/aromatic N) is 1. The van der Waals surface area contributed by atoms with Gasteiger partial charge in [0, 0.05) is 12.6 Å². The molecule has 0 radical (unpaired) electrons. The summed E-state index contributed by atoms with van der Waals surface area (Å²) >= 11 is 0. The number of unbranched alkanes of at least 4 members (excludes halogenated alkanes) is 2. The van der Waals surface area contributed by atoms with Crippen LogP contribution in [-0.2, 0) is 0 Å². The average Bonchev–Trinajstić information content (AvgIpc) is 2.42. The predicted octanol–water partition coefficient (Wildman–Crippen LogP) is 2.48. The third-order valence-electron chi connectivity index (χ3n) is 3.53. The molecule has 0 aliphatic rings. The van der Waals surface area contributed by atoms with Gasteiger partial charge in [-0.1, -0.05) is 29.8 Å². The molecule has 108 valence electrons. The molecule has 0 spiro atoms. The summed E-state index contributed by atoms with van der Waals surface area (Å²) < 4.78 is 0. The first-order valence-electron chi connectivity index (χ1n) is 7.25. The van der Waals surface area contributed by atoms with E-state index in [0.29, 0.717) is 6.61 Å². The van der Waals surface area contributed by atoms with E-state index in [9.17, 15) is 0 Å². The van der Waals surface area contributed by atoms with Crippen LogP contribution in [0.1, 0.15) is 42.9 Å². The molecule has 0 amide bonds. The molecule has 0 saturated carbocycles. The summed E-state index contributed by atoms with van der Waals surface area (Å²) in [5.41, 5.74) is 8.71. The normalized spacial score (nSPS) is 12.9. The van der Waals surface area contributed by atoms with Crippen LogP contribution in [0.3, 0.4) is 0 Å². The number of nitrogens with two attached hydrogens (primary N) is 1. The molecule has 1 aromatic rings. The molecule has 1 atom stereocenters. The topological polar surface area (TPSA) is 49.5 Å². The van der Waals surface area contributed by atoms with E-state index in [1.807, 2.05) is 0 Å². The van der Waals surface area contributed by atoms with Gasteiger partial charge in [-0.05, 0) is 58.3 Å². The first kappa shape index (κ1) is 16.2. The minimum Gasteiger partial charge on any atom is -0.396 e. The largest absolute Gasteiger partial charge is 0.396 e. The molecule has 0 fully saturated rings. The molecule has 0 saturated heterocycles. The summed E-state index contributed by atoms with van der Waals surface area (Å²) in [6.45, 7) is 4.51. The van der Waals surface area contributed by atoms with Gasteiger partial charge in [-0.15, -0.1) is 0 Å². The number of aliphatic hydroxyl groups excluding tert-OH is 1. The van der Waals surface area contributed by atoms with Crippen molar-refractivity contribution in [3.63, 3.8) is 0 Å². The van der Waals surface area contributed by atoms with Crippen LogP contribution in [0.15, 0.2) is 24.3 Å². The molecule has 0 bridgehead atoms. The molecule has 1 rings (SSSR count). The highest BCUT2D eigenvalue weighted by atomic mass is 16.2. The highest BCUT2D eigenvalue weighted by Gasteiger charge is 2.07. The van der Waals surface area contributed by atoms with Gasteiger partial charge in [-0.3, -0.25) is 0 Å². The summed E-state index contributed by atoms with van der Waals surface area (Å²) in [5.74, 6) is 0. The Bertz CT molecular complexity index is 337. The Morgan fingerprint density at radius 3 is 2.42 bits per heavy atom. The maximum absolute atomic E-state index is 8.72. The zero-order valence-corrected chi connectivity index (χ0v) is 12.3. The lowest BCUT2D eigenvalue weighted by Crippen LogP contribution is -2.24. The van der Waals surface area contributed by atoms with Gasteiger partial charge in [0.25, 0.3) is 0 Å². The SMILES string of the molecule is Cc1ccc(C(N)CCN(C)CCCCCO)cc1. The number of hydrogen-bond donors (Lipinski definition) is 2. The van der Waals surface area contributed by atoms with E-state index in [1.54, 1.807) is 0 Å². The molecule has 1 aromatic carbocycles. The molecule has 1 unspecified atom stereocenters. The molecular weight excluding hydrogens is 236 g/mol. The Balaban J connectivity index is 2.22. The highest BCUT2D eigenvalue weighted by molar-refractivity contribution is 5.23. The van der Waals surface area contributed by atoms with Crippen molar-refractivity contribution >= 4 is 0 Å². The fraction of sp³-hybridized carbons (Fsp3) is 0.625. The summed E-state index contributed by atoms with van der Waals surface area (Å²) in [5, 5.41) is 8.72. The first-order chi connectivity index (χ1) is 9.13. The number of aryl methyl sites for hydroxylation is 1. The second kappa shape index (κ2) is 9.08. The molecule has 3 N–H and O–H groups in total. The van der Waals surface area contributed by atoms with E-state index in [0.717, 1.165) is 38.8 Å². The molecule has 0 aliphatic carbocycles. The van der Waals surface area contributed by atoms with Gasteiger partial charge < -0.3 is 15.7 Å². The van der Waals surface area contributed by atoms with Gasteiger partial charge in [0.2, 0.25) is 0 Å². The van der Waals surface area contributed by atoms with E-state index in [2.05, 4.69) is 43.1 Å². The minimum absolute atomic E-state index is 0.125. The van der Waals surface area contributed by atoms with E-state index in [-0.39, 0.29) is 6.04 Å². The second-order valence-electron chi connectivity index (χ2n) is 5.39. The fourth-order valence-corrected chi connectivity index (χ4v) is 2.12. The third-order valence-corrected chi connectivity index (χ3v) is 3.53. The Hall–Kier alpha value is -0.900. The van der Waals surface area contributed by atoms with Crippen molar-refractivity contribution in [1.29, 1.82) is 0 Å². The maximum Gasteiger partial charge on any atom is 0.0431 e. The van der Waals surface area contributed by atoms with Crippen LogP contribution in [0.5, 0.6) is 0 Å². The van der Waals surface area contributed by atoms with Crippen LogP contribution in [0, 0.1) is 6.92 Å². The molecular formula is C16H28N2O. The summed E-state index contributed by atoms with van der Waals surface area (Å²) in [7, 11) is 2.14. The van der Waals surface area contributed by atoms with Crippen molar-refractivity contribution in [2.75, 3.05) is 26.7 Å². The van der Waals surface area contributed by atoms with Crippen molar-refractivity contribution in [2.24, 2.45) is 5.73 Å². The lowest BCUT2D eigenvalue weighted by atomic mass is 10.0.